The van der Waals surface area contributed by atoms with E-state index in [-0.39, 0.29) is 36.1 Å². The number of hydrogen-bond donors (Lipinski definition) is 2. The summed E-state index contributed by atoms with van der Waals surface area (Å²) < 4.78 is 5.59. The maximum absolute atomic E-state index is 12.6. The Morgan fingerprint density at radius 3 is 2.62 bits per heavy atom. The second-order valence-electron chi connectivity index (χ2n) is 8.14. The van der Waals surface area contributed by atoms with Gasteiger partial charge in [0.1, 0.15) is 5.60 Å². The number of carbonyl (C=O) groups is 1. The molecule has 2 rings (SSSR count). The lowest BCUT2D eigenvalue weighted by Crippen LogP contribution is -2.52. The minimum Gasteiger partial charge on any atom is -0.444 e. The number of carbonyl (C=O) groups excluding carboxylic acids is 1. The Hall–Kier alpha value is -1.10. The number of thiazole rings is 1. The number of likely N-dealkylation sites (tertiary alicyclic amines) is 1. The highest BCUT2D eigenvalue weighted by Gasteiger charge is 2.30. The third-order valence-electron chi connectivity index (χ3n) is 4.48. The molecule has 0 spiro atoms. The number of nitrogens with zero attached hydrogens (tertiary/aromatic N) is 3. The topological polar surface area (TPSA) is 78.9 Å². The van der Waals surface area contributed by atoms with Gasteiger partial charge in [-0.1, -0.05) is 0 Å². The summed E-state index contributed by atoms with van der Waals surface area (Å²) in [6.45, 7) is 14.6. The molecule has 29 heavy (non-hydrogen) atoms. The Morgan fingerprint density at radius 1 is 1.31 bits per heavy atom. The van der Waals surface area contributed by atoms with E-state index in [9.17, 15) is 4.79 Å². The van der Waals surface area contributed by atoms with E-state index in [1.807, 2.05) is 46.4 Å². The zero-order chi connectivity index (χ0) is 20.7. The predicted molar refractivity (Wildman–Crippen MR) is 130 cm³/mol. The zero-order valence-corrected chi connectivity index (χ0v) is 21.6. The number of halogens is 1. The SMILES string of the molecule is CCNC(=NCc1sc(C)nc1C)NCC1CCCCN1C(=O)OC(C)(C)C.I. The fraction of sp³-hybridized carbons (Fsp3) is 0.750. The van der Waals surface area contributed by atoms with Crippen molar-refractivity contribution in [2.24, 2.45) is 4.99 Å². The van der Waals surface area contributed by atoms with Crippen molar-refractivity contribution in [2.75, 3.05) is 19.6 Å². The van der Waals surface area contributed by atoms with E-state index in [0.717, 1.165) is 49.0 Å². The van der Waals surface area contributed by atoms with Crippen molar-refractivity contribution in [1.29, 1.82) is 0 Å². The molecule has 1 aromatic rings. The van der Waals surface area contributed by atoms with Crippen molar-refractivity contribution in [3.05, 3.63) is 15.6 Å². The lowest BCUT2D eigenvalue weighted by atomic mass is 10.0. The highest BCUT2D eigenvalue weighted by atomic mass is 127. The second kappa shape index (κ2) is 11.9. The van der Waals surface area contributed by atoms with Crippen molar-refractivity contribution >= 4 is 47.4 Å². The molecular formula is C20H36IN5O2S. The molecule has 1 aliphatic heterocycles. The molecule has 9 heteroatoms. The van der Waals surface area contributed by atoms with E-state index < -0.39 is 5.60 Å². The summed E-state index contributed by atoms with van der Waals surface area (Å²) in [4.78, 5) is 24.8. The summed E-state index contributed by atoms with van der Waals surface area (Å²) in [6.07, 6.45) is 2.89. The van der Waals surface area contributed by atoms with Crippen LogP contribution in [0.5, 0.6) is 0 Å². The highest BCUT2D eigenvalue weighted by Crippen LogP contribution is 2.20. The van der Waals surface area contributed by atoms with Crippen molar-refractivity contribution in [2.45, 2.75) is 79.0 Å². The number of aryl methyl sites for hydroxylation is 2. The molecule has 0 aliphatic carbocycles. The first-order valence-corrected chi connectivity index (χ1v) is 11.0. The van der Waals surface area contributed by atoms with Gasteiger partial charge in [-0.15, -0.1) is 35.3 Å². The maximum Gasteiger partial charge on any atom is 0.410 e. The van der Waals surface area contributed by atoms with Gasteiger partial charge in [-0.25, -0.2) is 14.8 Å². The van der Waals surface area contributed by atoms with Gasteiger partial charge >= 0.3 is 6.09 Å². The summed E-state index contributed by atoms with van der Waals surface area (Å²) in [5, 5.41) is 7.76. The van der Waals surface area contributed by atoms with E-state index >= 15 is 0 Å². The molecule has 1 atom stereocenters. The standard InChI is InChI=1S/C20H35N5O2S.HI/c1-7-21-18(23-13-17-14(2)24-15(3)28-17)22-12-16-10-8-9-11-25(16)19(26)27-20(4,5)6;/h16H,7-13H2,1-6H3,(H2,21,22,23);1H. The van der Waals surface area contributed by atoms with Crippen molar-refractivity contribution in [1.82, 2.24) is 20.5 Å². The number of nitrogens with one attached hydrogen (secondary N) is 2. The van der Waals surface area contributed by atoms with Gasteiger partial charge in [0.25, 0.3) is 0 Å². The molecule has 1 saturated heterocycles. The van der Waals surface area contributed by atoms with Gasteiger partial charge in [-0.2, -0.15) is 0 Å². The number of piperidine rings is 1. The van der Waals surface area contributed by atoms with Crippen molar-refractivity contribution < 1.29 is 9.53 Å². The average molecular weight is 538 g/mol. The molecule has 1 fully saturated rings. The number of rotatable bonds is 5. The number of aromatic nitrogens is 1. The summed E-state index contributed by atoms with van der Waals surface area (Å²) >= 11 is 1.69. The van der Waals surface area contributed by atoms with Crippen LogP contribution in [0.25, 0.3) is 0 Å². The normalized spacial score (nSPS) is 17.5. The molecule has 2 N–H and O–H groups in total. The Balaban J connectivity index is 0.00000420. The lowest BCUT2D eigenvalue weighted by molar-refractivity contribution is 0.0104. The summed E-state index contributed by atoms with van der Waals surface area (Å²) in [7, 11) is 0. The van der Waals surface area contributed by atoms with Gasteiger partial charge in [0.2, 0.25) is 0 Å². The molecule has 1 unspecified atom stereocenters. The molecule has 1 aliphatic rings. The summed E-state index contributed by atoms with van der Waals surface area (Å²) in [5.74, 6) is 0.766. The van der Waals surface area contributed by atoms with E-state index in [0.29, 0.717) is 13.1 Å². The number of hydrogen-bond acceptors (Lipinski definition) is 5. The van der Waals surface area contributed by atoms with Crippen molar-refractivity contribution in [3.8, 4) is 0 Å². The number of aliphatic imine (C=N–C) groups is 1. The first-order chi connectivity index (χ1) is 13.2. The molecular weight excluding hydrogens is 501 g/mol. The van der Waals surface area contributed by atoms with Gasteiger partial charge in [0.15, 0.2) is 5.96 Å². The molecule has 1 aromatic heterocycles. The van der Waals surface area contributed by atoms with Crippen LogP contribution in [0.1, 0.15) is 62.5 Å². The van der Waals surface area contributed by atoms with Gasteiger partial charge in [-0.05, 0) is 60.8 Å². The minimum atomic E-state index is -0.479. The highest BCUT2D eigenvalue weighted by molar-refractivity contribution is 14.0. The molecule has 0 saturated carbocycles. The number of ether oxygens (including phenoxy) is 1. The van der Waals surface area contributed by atoms with Crippen LogP contribution < -0.4 is 10.6 Å². The van der Waals surface area contributed by atoms with Crippen LogP contribution in [0.4, 0.5) is 4.79 Å². The average Bonchev–Trinajstić information content (AvgIpc) is 2.93. The van der Waals surface area contributed by atoms with Crippen LogP contribution in [0.15, 0.2) is 4.99 Å². The second-order valence-corrected chi connectivity index (χ2v) is 9.43. The number of amides is 1. The molecule has 7 nitrogen and oxygen atoms in total. The predicted octanol–water partition coefficient (Wildman–Crippen LogP) is 4.22. The lowest BCUT2D eigenvalue weighted by Gasteiger charge is -2.37. The third-order valence-corrected chi connectivity index (χ3v) is 5.54. The maximum atomic E-state index is 12.6. The van der Waals surface area contributed by atoms with Gasteiger partial charge in [0.05, 0.1) is 23.3 Å². The monoisotopic (exact) mass is 537 g/mol. The van der Waals surface area contributed by atoms with Crippen molar-refractivity contribution in [3.63, 3.8) is 0 Å². The van der Waals surface area contributed by atoms with Crippen LogP contribution >= 0.6 is 35.3 Å². The molecule has 166 valence electrons. The van der Waals surface area contributed by atoms with Crippen LogP contribution in [-0.4, -0.2) is 53.2 Å². The molecule has 2 heterocycles. The Bertz CT molecular complexity index is 687. The smallest absolute Gasteiger partial charge is 0.410 e. The van der Waals surface area contributed by atoms with E-state index in [1.54, 1.807) is 11.3 Å². The Morgan fingerprint density at radius 2 is 2.03 bits per heavy atom. The van der Waals surface area contributed by atoms with Crippen LogP contribution in [0.3, 0.4) is 0 Å². The first-order valence-electron chi connectivity index (χ1n) is 10.1. The fourth-order valence-electron chi connectivity index (χ4n) is 3.20. The van der Waals surface area contributed by atoms with Gasteiger partial charge in [0, 0.05) is 24.5 Å². The van der Waals surface area contributed by atoms with Crippen LogP contribution in [-0.2, 0) is 11.3 Å². The van der Waals surface area contributed by atoms with E-state index in [1.165, 1.54) is 4.88 Å². The molecule has 0 radical (unpaired) electrons. The fourth-order valence-corrected chi connectivity index (χ4v) is 4.06. The minimum absolute atomic E-state index is 0. The first kappa shape index (κ1) is 25.9. The van der Waals surface area contributed by atoms with Crippen LogP contribution in [0, 0.1) is 13.8 Å². The van der Waals surface area contributed by atoms with E-state index in [2.05, 4.69) is 15.6 Å². The van der Waals surface area contributed by atoms with Gasteiger partial charge < -0.3 is 20.3 Å². The Labute approximate surface area is 196 Å². The third kappa shape index (κ3) is 8.65. The van der Waals surface area contributed by atoms with Gasteiger partial charge in [-0.3, -0.25) is 0 Å². The Kier molecular flexibility index (Phi) is 10.7. The molecule has 0 aromatic carbocycles. The number of guanidine groups is 1. The summed E-state index contributed by atoms with van der Waals surface area (Å²) in [5.41, 5.74) is 0.568. The molecule has 0 bridgehead atoms. The largest absolute Gasteiger partial charge is 0.444 e. The summed E-state index contributed by atoms with van der Waals surface area (Å²) in [6, 6.07) is 0.111. The van der Waals surface area contributed by atoms with E-state index in [4.69, 9.17) is 9.73 Å². The zero-order valence-electron chi connectivity index (χ0n) is 18.5. The van der Waals surface area contributed by atoms with Crippen LogP contribution in [0.2, 0.25) is 0 Å². The quantitative estimate of drug-likeness (QED) is 0.334. The molecule has 1 amide bonds.